The summed E-state index contributed by atoms with van der Waals surface area (Å²) in [6.45, 7) is 0. The molecule has 0 fully saturated rings. The van der Waals surface area contributed by atoms with Gasteiger partial charge in [0.05, 0.1) is 23.0 Å². The zero-order valence-corrected chi connectivity index (χ0v) is 10.0. The zero-order chi connectivity index (χ0) is 14.0. The van der Waals surface area contributed by atoms with Crippen molar-refractivity contribution in [2.24, 2.45) is 0 Å². The van der Waals surface area contributed by atoms with Crippen LogP contribution in [0.15, 0.2) is 30.6 Å². The van der Waals surface area contributed by atoms with Gasteiger partial charge in [-0.15, -0.1) is 0 Å². The van der Waals surface area contributed by atoms with Crippen LogP contribution in [0.2, 0.25) is 5.02 Å². The van der Waals surface area contributed by atoms with E-state index in [1.165, 1.54) is 12.1 Å². The van der Waals surface area contributed by atoms with Gasteiger partial charge in [-0.25, -0.2) is 13.2 Å². The van der Waals surface area contributed by atoms with Crippen LogP contribution in [0.4, 0.5) is 18.9 Å². The van der Waals surface area contributed by atoms with Gasteiger partial charge >= 0.3 is 0 Å². The molecular weight excluding hydrogens is 281 g/mol. The van der Waals surface area contributed by atoms with Crippen molar-refractivity contribution in [1.29, 1.82) is 0 Å². The highest BCUT2D eigenvalue weighted by Crippen LogP contribution is 2.22. The molecule has 19 heavy (non-hydrogen) atoms. The standard InChI is InChI=1S/C12H6ClF3N2O/c13-6-2-1-3-7(14)10(6)12(19)18-11-8(15)4-17-5-9(11)16/h1-5H,(H,17,18,19). The van der Waals surface area contributed by atoms with Gasteiger partial charge in [-0.1, -0.05) is 17.7 Å². The molecule has 98 valence electrons. The fourth-order valence-electron chi connectivity index (χ4n) is 1.42. The lowest BCUT2D eigenvalue weighted by atomic mass is 10.2. The van der Waals surface area contributed by atoms with Crippen LogP contribution >= 0.6 is 11.6 Å². The molecule has 0 saturated carbocycles. The molecule has 0 aliphatic rings. The molecule has 2 rings (SSSR count). The van der Waals surface area contributed by atoms with E-state index in [0.29, 0.717) is 0 Å². The third-order valence-electron chi connectivity index (χ3n) is 2.28. The Morgan fingerprint density at radius 3 is 2.32 bits per heavy atom. The van der Waals surface area contributed by atoms with Gasteiger partial charge in [0.25, 0.3) is 5.91 Å². The third-order valence-corrected chi connectivity index (χ3v) is 2.60. The minimum Gasteiger partial charge on any atom is -0.317 e. The molecule has 0 saturated heterocycles. The first-order valence-corrected chi connectivity index (χ1v) is 5.43. The molecule has 1 aromatic carbocycles. The van der Waals surface area contributed by atoms with Gasteiger partial charge in [-0.05, 0) is 12.1 Å². The van der Waals surface area contributed by atoms with Crippen molar-refractivity contribution < 1.29 is 18.0 Å². The van der Waals surface area contributed by atoms with Crippen molar-refractivity contribution in [3.05, 3.63) is 58.6 Å². The number of nitrogens with one attached hydrogen (secondary N) is 1. The first kappa shape index (κ1) is 13.4. The fourth-order valence-corrected chi connectivity index (χ4v) is 1.67. The lowest BCUT2D eigenvalue weighted by Crippen LogP contribution is -2.16. The molecule has 7 heteroatoms. The van der Waals surface area contributed by atoms with E-state index in [1.54, 1.807) is 0 Å². The molecule has 0 radical (unpaired) electrons. The molecular formula is C12H6ClF3N2O. The number of pyridine rings is 1. The fraction of sp³-hybridized carbons (Fsp3) is 0. The Morgan fingerprint density at radius 2 is 1.74 bits per heavy atom. The summed E-state index contributed by atoms with van der Waals surface area (Å²) >= 11 is 5.67. The number of carbonyl (C=O) groups excluding carboxylic acids is 1. The van der Waals surface area contributed by atoms with Crippen LogP contribution < -0.4 is 5.32 Å². The van der Waals surface area contributed by atoms with Crippen LogP contribution in [0.3, 0.4) is 0 Å². The highest BCUT2D eigenvalue weighted by atomic mass is 35.5. The highest BCUT2D eigenvalue weighted by molar-refractivity contribution is 6.34. The van der Waals surface area contributed by atoms with Crippen LogP contribution in [-0.2, 0) is 0 Å². The normalized spacial score (nSPS) is 10.3. The quantitative estimate of drug-likeness (QED) is 0.919. The predicted octanol–water partition coefficient (Wildman–Crippen LogP) is 3.40. The van der Waals surface area contributed by atoms with Gasteiger partial charge in [0.1, 0.15) is 11.5 Å². The first-order valence-electron chi connectivity index (χ1n) is 5.05. The molecule has 1 N–H and O–H groups in total. The van der Waals surface area contributed by atoms with Gasteiger partial charge in [-0.2, -0.15) is 0 Å². The van der Waals surface area contributed by atoms with E-state index in [2.05, 4.69) is 4.98 Å². The average molecular weight is 287 g/mol. The van der Waals surface area contributed by atoms with Crippen molar-refractivity contribution >= 4 is 23.2 Å². The van der Waals surface area contributed by atoms with E-state index >= 15 is 0 Å². The zero-order valence-electron chi connectivity index (χ0n) is 9.25. The lowest BCUT2D eigenvalue weighted by molar-refractivity contribution is 0.102. The monoisotopic (exact) mass is 286 g/mol. The number of hydrogen-bond donors (Lipinski definition) is 1. The summed E-state index contributed by atoms with van der Waals surface area (Å²) in [5, 5.41) is 1.76. The molecule has 3 nitrogen and oxygen atoms in total. The van der Waals surface area contributed by atoms with Gasteiger partial charge in [0.15, 0.2) is 11.6 Å². The van der Waals surface area contributed by atoms with Crippen molar-refractivity contribution in [1.82, 2.24) is 4.98 Å². The van der Waals surface area contributed by atoms with Crippen LogP contribution in [0, 0.1) is 17.5 Å². The number of carbonyl (C=O) groups is 1. The molecule has 2 aromatic rings. The number of halogens is 4. The Bertz CT molecular complexity index is 608. The van der Waals surface area contributed by atoms with Crippen LogP contribution in [0.5, 0.6) is 0 Å². The summed E-state index contributed by atoms with van der Waals surface area (Å²) in [6, 6.07) is 3.61. The second-order valence-corrected chi connectivity index (χ2v) is 3.94. The largest absolute Gasteiger partial charge is 0.317 e. The molecule has 0 unspecified atom stereocenters. The van der Waals surface area contributed by atoms with Crippen LogP contribution in [0.25, 0.3) is 0 Å². The molecule has 0 aliphatic carbocycles. The first-order chi connectivity index (χ1) is 9.00. The number of rotatable bonds is 2. The lowest BCUT2D eigenvalue weighted by Gasteiger charge is -2.08. The summed E-state index contributed by atoms with van der Waals surface area (Å²) in [5.41, 5.74) is -1.20. The summed E-state index contributed by atoms with van der Waals surface area (Å²) in [6.07, 6.45) is 1.45. The van der Waals surface area contributed by atoms with E-state index in [1.807, 2.05) is 5.32 Å². The Labute approximate surface area is 111 Å². The number of aromatic nitrogens is 1. The Balaban J connectivity index is 2.37. The van der Waals surface area contributed by atoms with Crippen molar-refractivity contribution in [3.63, 3.8) is 0 Å². The maximum absolute atomic E-state index is 13.5. The van der Waals surface area contributed by atoms with Crippen molar-refractivity contribution in [2.45, 2.75) is 0 Å². The van der Waals surface area contributed by atoms with E-state index < -0.39 is 34.6 Å². The smallest absolute Gasteiger partial charge is 0.260 e. The summed E-state index contributed by atoms with van der Waals surface area (Å²) in [7, 11) is 0. The Kier molecular flexibility index (Phi) is 3.71. The van der Waals surface area contributed by atoms with E-state index in [0.717, 1.165) is 18.5 Å². The summed E-state index contributed by atoms with van der Waals surface area (Å²) in [5.74, 6) is -4.08. The van der Waals surface area contributed by atoms with E-state index in [4.69, 9.17) is 11.6 Å². The number of nitrogens with zero attached hydrogens (tertiary/aromatic N) is 1. The number of benzene rings is 1. The average Bonchev–Trinajstić information content (AvgIpc) is 2.34. The predicted molar refractivity (Wildman–Crippen MR) is 63.5 cm³/mol. The van der Waals surface area contributed by atoms with Gasteiger partial charge in [0, 0.05) is 0 Å². The maximum atomic E-state index is 13.5. The van der Waals surface area contributed by atoms with Crippen LogP contribution in [0.1, 0.15) is 10.4 Å². The van der Waals surface area contributed by atoms with E-state index in [-0.39, 0.29) is 5.02 Å². The number of anilines is 1. The SMILES string of the molecule is O=C(Nc1c(F)cncc1F)c1c(F)cccc1Cl. The molecule has 0 atom stereocenters. The molecule has 0 bridgehead atoms. The highest BCUT2D eigenvalue weighted by Gasteiger charge is 2.19. The van der Waals surface area contributed by atoms with Crippen molar-refractivity contribution in [2.75, 3.05) is 5.32 Å². The second kappa shape index (κ2) is 5.27. The molecule has 1 aromatic heterocycles. The minimum atomic E-state index is -1.07. The molecule has 0 spiro atoms. The van der Waals surface area contributed by atoms with Gasteiger partial charge in [0.2, 0.25) is 0 Å². The number of amides is 1. The Hall–Kier alpha value is -2.08. The molecule has 1 heterocycles. The topological polar surface area (TPSA) is 42.0 Å². The number of hydrogen-bond acceptors (Lipinski definition) is 2. The summed E-state index contributed by atoms with van der Waals surface area (Å²) in [4.78, 5) is 15.0. The molecule has 0 aliphatic heterocycles. The van der Waals surface area contributed by atoms with Gasteiger partial charge < -0.3 is 5.32 Å². The van der Waals surface area contributed by atoms with E-state index in [9.17, 15) is 18.0 Å². The van der Waals surface area contributed by atoms with Crippen LogP contribution in [-0.4, -0.2) is 10.9 Å². The third kappa shape index (κ3) is 2.68. The second-order valence-electron chi connectivity index (χ2n) is 3.53. The van der Waals surface area contributed by atoms with Crippen molar-refractivity contribution in [3.8, 4) is 0 Å². The van der Waals surface area contributed by atoms with Gasteiger partial charge in [-0.3, -0.25) is 9.78 Å². The summed E-state index contributed by atoms with van der Waals surface area (Å²) < 4.78 is 40.0. The Morgan fingerprint density at radius 1 is 1.11 bits per heavy atom. The minimum absolute atomic E-state index is 0.160. The molecule has 1 amide bonds. The maximum Gasteiger partial charge on any atom is 0.260 e.